The Morgan fingerprint density at radius 2 is 1.83 bits per heavy atom. The van der Waals surface area contributed by atoms with E-state index in [9.17, 15) is 4.79 Å². The van der Waals surface area contributed by atoms with E-state index in [1.807, 2.05) is 18.2 Å². The molecule has 2 rings (SSSR count). The van der Waals surface area contributed by atoms with Crippen LogP contribution in [0.4, 0.5) is 0 Å². The van der Waals surface area contributed by atoms with Crippen LogP contribution in [-0.2, 0) is 4.79 Å². The lowest BCUT2D eigenvalue weighted by Crippen LogP contribution is -2.34. The highest BCUT2D eigenvalue weighted by molar-refractivity contribution is 6.78. The zero-order valence-corrected chi connectivity index (χ0v) is 12.6. The third kappa shape index (κ3) is 2.99. The maximum Gasteiger partial charge on any atom is 0.158 e. The molecule has 0 N–H and O–H groups in total. The summed E-state index contributed by atoms with van der Waals surface area (Å²) < 4.78 is 0. The molecule has 0 spiro atoms. The molecule has 0 amide bonds. The van der Waals surface area contributed by atoms with Crippen LogP contribution in [0.3, 0.4) is 0 Å². The van der Waals surface area contributed by atoms with Crippen LogP contribution in [0, 0.1) is 0 Å². The van der Waals surface area contributed by atoms with Crippen LogP contribution in [0.1, 0.15) is 24.8 Å². The molecule has 0 radical (unpaired) electrons. The van der Waals surface area contributed by atoms with E-state index in [4.69, 9.17) is 0 Å². The van der Waals surface area contributed by atoms with Crippen molar-refractivity contribution in [3.05, 3.63) is 41.5 Å². The Morgan fingerprint density at radius 1 is 1.17 bits per heavy atom. The second-order valence-electron chi connectivity index (χ2n) is 6.24. The average molecular weight is 258 g/mol. The van der Waals surface area contributed by atoms with E-state index >= 15 is 0 Å². The first kappa shape index (κ1) is 13.3. The number of hydrogen-bond donors (Lipinski definition) is 0. The summed E-state index contributed by atoms with van der Waals surface area (Å²) >= 11 is 0. The highest BCUT2D eigenvalue weighted by Gasteiger charge is 2.35. The number of carbonyl (C=O) groups excluding carboxylic acids is 1. The van der Waals surface area contributed by atoms with Crippen molar-refractivity contribution < 1.29 is 4.79 Å². The van der Waals surface area contributed by atoms with Crippen LogP contribution < -0.4 is 0 Å². The summed E-state index contributed by atoms with van der Waals surface area (Å²) in [6.07, 6.45) is 5.13. The monoisotopic (exact) mass is 258 g/mol. The highest BCUT2D eigenvalue weighted by atomic mass is 28.3. The van der Waals surface area contributed by atoms with Gasteiger partial charge in [-0.1, -0.05) is 50.0 Å². The molecule has 1 aliphatic rings. The number of rotatable bonds is 2. The number of Topliss-reactive ketones (excluding diaryl/α,β-unsaturated/α-hetero) is 1. The van der Waals surface area contributed by atoms with E-state index in [0.717, 1.165) is 24.0 Å². The molecule has 1 atom stereocenters. The standard InChI is InChI=1S/C16H22OSi/c1-18(2,3)16-11-7-10-15(17)14(16)12-13-8-5-4-6-9-13/h4-6,8-9,12,16H,7,10-11H2,1-3H3. The van der Waals surface area contributed by atoms with Gasteiger partial charge in [0, 0.05) is 6.42 Å². The molecule has 96 valence electrons. The predicted molar refractivity (Wildman–Crippen MR) is 80.4 cm³/mol. The minimum atomic E-state index is -1.30. The minimum absolute atomic E-state index is 0.373. The van der Waals surface area contributed by atoms with Crippen molar-refractivity contribution in [3.8, 4) is 0 Å². The molecule has 2 heteroatoms. The van der Waals surface area contributed by atoms with Gasteiger partial charge in [0.25, 0.3) is 0 Å². The quantitative estimate of drug-likeness (QED) is 0.562. The number of ketones is 1. The van der Waals surface area contributed by atoms with Crippen molar-refractivity contribution in [1.29, 1.82) is 0 Å². The van der Waals surface area contributed by atoms with Crippen LogP contribution in [0.25, 0.3) is 6.08 Å². The summed E-state index contributed by atoms with van der Waals surface area (Å²) in [4.78, 5) is 12.2. The summed E-state index contributed by atoms with van der Waals surface area (Å²) in [5, 5.41) is 0. The van der Waals surface area contributed by atoms with E-state index in [1.54, 1.807) is 0 Å². The Bertz CT molecular complexity index is 454. The lowest BCUT2D eigenvalue weighted by Gasteiger charge is -2.34. The molecule has 18 heavy (non-hydrogen) atoms. The molecular weight excluding hydrogens is 236 g/mol. The summed E-state index contributed by atoms with van der Waals surface area (Å²) in [6.45, 7) is 7.11. The van der Waals surface area contributed by atoms with Crippen molar-refractivity contribution in [2.45, 2.75) is 44.4 Å². The van der Waals surface area contributed by atoms with Crippen molar-refractivity contribution in [3.63, 3.8) is 0 Å². The zero-order valence-electron chi connectivity index (χ0n) is 11.6. The third-order valence-electron chi connectivity index (χ3n) is 3.76. The zero-order chi connectivity index (χ0) is 13.2. The normalized spacial score (nSPS) is 23.4. The van der Waals surface area contributed by atoms with Crippen LogP contribution in [0.15, 0.2) is 35.9 Å². The summed E-state index contributed by atoms with van der Waals surface area (Å²) in [5.41, 5.74) is 2.77. The summed E-state index contributed by atoms with van der Waals surface area (Å²) in [7, 11) is -1.30. The maximum absolute atomic E-state index is 12.2. The maximum atomic E-state index is 12.2. The van der Waals surface area contributed by atoms with Gasteiger partial charge in [-0.2, -0.15) is 0 Å². The molecule has 0 heterocycles. The molecule has 1 aromatic rings. The van der Waals surface area contributed by atoms with Gasteiger partial charge in [0.2, 0.25) is 0 Å². The fourth-order valence-electron chi connectivity index (χ4n) is 2.77. The Hall–Kier alpha value is -1.15. The van der Waals surface area contributed by atoms with Gasteiger partial charge < -0.3 is 0 Å². The first-order chi connectivity index (χ1) is 8.48. The molecule has 1 aromatic carbocycles. The SMILES string of the molecule is C[Si](C)(C)C1CCCC(=O)C1=Cc1ccccc1. The Labute approximate surface area is 111 Å². The molecule has 1 saturated carbocycles. The van der Waals surface area contributed by atoms with Crippen molar-refractivity contribution in [1.82, 2.24) is 0 Å². The van der Waals surface area contributed by atoms with Crippen LogP contribution in [0.5, 0.6) is 0 Å². The number of carbonyl (C=O) groups is 1. The predicted octanol–water partition coefficient (Wildman–Crippen LogP) is 4.53. The number of allylic oxidation sites excluding steroid dienone is 1. The minimum Gasteiger partial charge on any atom is -0.295 e. The van der Waals surface area contributed by atoms with E-state index in [-0.39, 0.29) is 0 Å². The topological polar surface area (TPSA) is 17.1 Å². The highest BCUT2D eigenvalue weighted by Crippen LogP contribution is 2.40. The summed E-state index contributed by atoms with van der Waals surface area (Å²) in [5.74, 6) is 0.373. The van der Waals surface area contributed by atoms with Crippen molar-refractivity contribution in [2.75, 3.05) is 0 Å². The molecule has 0 aromatic heterocycles. The van der Waals surface area contributed by atoms with Gasteiger partial charge in [-0.3, -0.25) is 4.79 Å². The molecule has 0 bridgehead atoms. The van der Waals surface area contributed by atoms with Crippen LogP contribution in [-0.4, -0.2) is 13.9 Å². The molecule has 1 unspecified atom stereocenters. The molecule has 0 saturated heterocycles. The average Bonchev–Trinajstić information content (AvgIpc) is 2.32. The van der Waals surface area contributed by atoms with Gasteiger partial charge in [-0.15, -0.1) is 0 Å². The van der Waals surface area contributed by atoms with Gasteiger partial charge in [0.05, 0.1) is 8.07 Å². The molecule has 1 nitrogen and oxygen atoms in total. The Kier molecular flexibility index (Phi) is 3.86. The van der Waals surface area contributed by atoms with Gasteiger partial charge in [0.15, 0.2) is 5.78 Å². The Morgan fingerprint density at radius 3 is 2.44 bits per heavy atom. The second-order valence-corrected chi connectivity index (χ2v) is 11.7. The van der Waals surface area contributed by atoms with Gasteiger partial charge in [0.1, 0.15) is 0 Å². The molecule has 1 fully saturated rings. The fourth-order valence-corrected chi connectivity index (χ4v) is 5.02. The number of benzene rings is 1. The Balaban J connectivity index is 2.37. The van der Waals surface area contributed by atoms with E-state index in [0.29, 0.717) is 11.3 Å². The van der Waals surface area contributed by atoms with E-state index < -0.39 is 8.07 Å². The lowest BCUT2D eigenvalue weighted by atomic mass is 9.91. The lowest BCUT2D eigenvalue weighted by molar-refractivity contribution is -0.116. The van der Waals surface area contributed by atoms with Crippen molar-refractivity contribution in [2.24, 2.45) is 0 Å². The van der Waals surface area contributed by atoms with Gasteiger partial charge in [-0.05, 0) is 35.6 Å². The van der Waals surface area contributed by atoms with Gasteiger partial charge in [-0.25, -0.2) is 0 Å². The van der Waals surface area contributed by atoms with E-state index in [2.05, 4.69) is 37.8 Å². The molecular formula is C16H22OSi. The molecule has 0 aliphatic heterocycles. The fraction of sp³-hybridized carbons (Fsp3) is 0.438. The first-order valence-electron chi connectivity index (χ1n) is 6.78. The van der Waals surface area contributed by atoms with Crippen LogP contribution in [0.2, 0.25) is 25.2 Å². The number of hydrogen-bond acceptors (Lipinski definition) is 1. The smallest absolute Gasteiger partial charge is 0.158 e. The summed E-state index contributed by atoms with van der Waals surface area (Å²) in [6, 6.07) is 10.2. The van der Waals surface area contributed by atoms with Crippen molar-refractivity contribution >= 4 is 19.9 Å². The molecule has 1 aliphatic carbocycles. The largest absolute Gasteiger partial charge is 0.295 e. The van der Waals surface area contributed by atoms with Gasteiger partial charge >= 0.3 is 0 Å². The first-order valence-corrected chi connectivity index (χ1v) is 10.4. The second kappa shape index (κ2) is 5.23. The van der Waals surface area contributed by atoms with Crippen LogP contribution >= 0.6 is 0 Å². The third-order valence-corrected chi connectivity index (χ3v) is 6.45. The van der Waals surface area contributed by atoms with E-state index in [1.165, 1.54) is 6.42 Å².